The van der Waals surface area contributed by atoms with Crippen molar-refractivity contribution < 1.29 is 57.2 Å². The highest BCUT2D eigenvalue weighted by Gasteiger charge is 2.42. The zero-order chi connectivity index (χ0) is 35.1. The van der Waals surface area contributed by atoms with E-state index in [0.717, 1.165) is 18.6 Å². The fraction of sp³-hybridized carbons (Fsp3) is 0.576. The van der Waals surface area contributed by atoms with Crippen molar-refractivity contribution in [1.29, 1.82) is 0 Å². The van der Waals surface area contributed by atoms with Crippen LogP contribution in [0.1, 0.15) is 66.7 Å². The van der Waals surface area contributed by atoms with Crippen LogP contribution >= 0.6 is 0 Å². The Bertz CT molecular complexity index is 1190. The number of nitrogens with one attached hydrogen (secondary N) is 1. The van der Waals surface area contributed by atoms with Gasteiger partial charge in [0.15, 0.2) is 12.2 Å². The van der Waals surface area contributed by atoms with E-state index < -0.39 is 53.6 Å². The van der Waals surface area contributed by atoms with Gasteiger partial charge in [-0.05, 0) is 50.4 Å². The lowest BCUT2D eigenvalue weighted by atomic mass is 9.61. The average Bonchev–Trinajstić information content (AvgIpc) is 2.96. The van der Waals surface area contributed by atoms with Crippen molar-refractivity contribution in [2.45, 2.75) is 85.0 Å². The van der Waals surface area contributed by atoms with Gasteiger partial charge in [0.2, 0.25) is 0 Å². The normalized spacial score (nSPS) is 19.5. The summed E-state index contributed by atoms with van der Waals surface area (Å²) in [5.74, 6) is -3.41. The molecule has 256 valence electrons. The first-order valence-corrected chi connectivity index (χ1v) is 14.8. The second-order valence-electron chi connectivity index (χ2n) is 12.5. The molecule has 13 heteroatoms. The third-order valence-corrected chi connectivity index (χ3v) is 6.92. The molecule has 1 amide bonds. The maximum absolute atomic E-state index is 12.9. The molecule has 0 aromatic carbocycles. The van der Waals surface area contributed by atoms with Gasteiger partial charge >= 0.3 is 35.9 Å². The minimum absolute atomic E-state index is 0.00885. The van der Waals surface area contributed by atoms with Gasteiger partial charge in [-0.15, -0.1) is 0 Å². The van der Waals surface area contributed by atoms with Crippen molar-refractivity contribution in [2.75, 3.05) is 26.4 Å². The molecule has 1 aliphatic carbocycles. The Morgan fingerprint density at radius 2 is 1.22 bits per heavy atom. The number of esters is 5. The number of carbonyl (C=O) groups excluding carboxylic acids is 6. The first-order chi connectivity index (χ1) is 21.4. The summed E-state index contributed by atoms with van der Waals surface area (Å²) in [4.78, 5) is 72.4. The van der Waals surface area contributed by atoms with E-state index in [0.29, 0.717) is 19.3 Å². The van der Waals surface area contributed by atoms with E-state index in [-0.39, 0.29) is 55.5 Å². The Morgan fingerprint density at radius 3 is 1.67 bits per heavy atom. The molecular formula is C33H47NO12. The summed E-state index contributed by atoms with van der Waals surface area (Å²) in [6.07, 6.45) is 1.29. The molecule has 13 nitrogen and oxygen atoms in total. The summed E-state index contributed by atoms with van der Waals surface area (Å²) in [6, 6.07) is -0.334. The Kier molecular flexibility index (Phi) is 15.9. The monoisotopic (exact) mass is 649 g/mol. The van der Waals surface area contributed by atoms with Crippen LogP contribution in [0.3, 0.4) is 0 Å². The third-order valence-electron chi connectivity index (χ3n) is 6.92. The SMILES string of the molecule is C=CC(=O)OCC(COC(=O)C(=C)C)OC(=O)CCC1(C)CC(NC(=O)OC(COC(=O)C=C)COC(=O)C(=C)C)CC(C)(C)C1. The summed E-state index contributed by atoms with van der Waals surface area (Å²) in [5, 5.41) is 2.85. The summed E-state index contributed by atoms with van der Waals surface area (Å²) >= 11 is 0. The van der Waals surface area contributed by atoms with Crippen LogP contribution in [0.15, 0.2) is 49.6 Å². The van der Waals surface area contributed by atoms with Crippen LogP contribution in [0.2, 0.25) is 0 Å². The Morgan fingerprint density at radius 1 is 0.761 bits per heavy atom. The van der Waals surface area contributed by atoms with Crippen molar-refractivity contribution in [3.8, 4) is 0 Å². The molecule has 1 N–H and O–H groups in total. The highest BCUT2D eigenvalue weighted by atomic mass is 16.6. The van der Waals surface area contributed by atoms with E-state index >= 15 is 0 Å². The van der Waals surface area contributed by atoms with E-state index in [9.17, 15) is 28.8 Å². The smallest absolute Gasteiger partial charge is 0.407 e. The van der Waals surface area contributed by atoms with Gasteiger partial charge in [-0.2, -0.15) is 0 Å². The number of alkyl carbamates (subject to hydrolysis) is 1. The van der Waals surface area contributed by atoms with Gasteiger partial charge in [0.25, 0.3) is 0 Å². The molecule has 0 radical (unpaired) electrons. The van der Waals surface area contributed by atoms with Gasteiger partial charge in [0, 0.05) is 35.8 Å². The molecule has 0 saturated heterocycles. The highest BCUT2D eigenvalue weighted by molar-refractivity contribution is 5.87. The Hall–Kier alpha value is -4.42. The average molecular weight is 650 g/mol. The van der Waals surface area contributed by atoms with Crippen LogP contribution in [-0.2, 0) is 52.4 Å². The molecule has 1 rings (SSSR count). The molecular weight excluding hydrogens is 602 g/mol. The third kappa shape index (κ3) is 15.5. The highest BCUT2D eigenvalue weighted by Crippen LogP contribution is 2.48. The maximum Gasteiger partial charge on any atom is 0.407 e. The van der Waals surface area contributed by atoms with Crippen LogP contribution in [0, 0.1) is 10.8 Å². The lowest BCUT2D eigenvalue weighted by Gasteiger charge is -2.46. The second-order valence-corrected chi connectivity index (χ2v) is 12.5. The number of carbonyl (C=O) groups is 6. The quantitative estimate of drug-likeness (QED) is 0.129. The second kappa shape index (κ2) is 18.5. The molecule has 0 bridgehead atoms. The Balaban J connectivity index is 2.86. The van der Waals surface area contributed by atoms with Crippen LogP contribution < -0.4 is 5.32 Å². The standard InChI is InChI=1S/C33H47NO12/c1-10-26(35)41-16-24(18-43-29(38)21(3)4)45-28(37)12-13-33(9)15-23(14-32(7,8)20-33)34-31(40)46-25(17-42-27(36)11-2)19-44-30(39)22(5)6/h10-11,23-25H,1-3,5,12-20H2,4,6-9H3,(H,34,40). The van der Waals surface area contributed by atoms with Gasteiger partial charge in [-0.3, -0.25) is 4.79 Å². The van der Waals surface area contributed by atoms with E-state index in [1.807, 2.05) is 6.92 Å². The van der Waals surface area contributed by atoms with Crippen LogP contribution in [0.25, 0.3) is 0 Å². The predicted molar refractivity (Wildman–Crippen MR) is 166 cm³/mol. The lowest BCUT2D eigenvalue weighted by molar-refractivity contribution is -0.164. The zero-order valence-corrected chi connectivity index (χ0v) is 27.5. The van der Waals surface area contributed by atoms with Crippen molar-refractivity contribution in [2.24, 2.45) is 10.8 Å². The maximum atomic E-state index is 12.9. The van der Waals surface area contributed by atoms with Gasteiger partial charge in [0.05, 0.1) is 0 Å². The summed E-state index contributed by atoms with van der Waals surface area (Å²) in [5.41, 5.74) is -0.308. The topological polar surface area (TPSA) is 170 Å². The van der Waals surface area contributed by atoms with Crippen molar-refractivity contribution in [3.63, 3.8) is 0 Å². The molecule has 1 saturated carbocycles. The van der Waals surface area contributed by atoms with Crippen LogP contribution in [0.4, 0.5) is 4.79 Å². The molecule has 0 aliphatic heterocycles. The largest absolute Gasteiger partial charge is 0.458 e. The molecule has 0 heterocycles. The van der Waals surface area contributed by atoms with E-state index in [2.05, 4.69) is 45.5 Å². The first-order valence-electron chi connectivity index (χ1n) is 14.8. The number of rotatable bonds is 18. The molecule has 0 aromatic rings. The predicted octanol–water partition coefficient (Wildman–Crippen LogP) is 4.06. The van der Waals surface area contributed by atoms with Gasteiger partial charge in [0.1, 0.15) is 26.4 Å². The molecule has 46 heavy (non-hydrogen) atoms. The van der Waals surface area contributed by atoms with Gasteiger partial charge in [-0.1, -0.05) is 47.1 Å². The van der Waals surface area contributed by atoms with Crippen LogP contribution in [-0.4, -0.2) is 80.6 Å². The van der Waals surface area contributed by atoms with Crippen molar-refractivity contribution in [1.82, 2.24) is 5.32 Å². The van der Waals surface area contributed by atoms with E-state index in [1.54, 1.807) is 0 Å². The minimum atomic E-state index is -1.08. The lowest BCUT2D eigenvalue weighted by Crippen LogP contribution is -2.48. The number of ether oxygens (including phenoxy) is 6. The van der Waals surface area contributed by atoms with E-state index in [1.165, 1.54) is 13.8 Å². The van der Waals surface area contributed by atoms with Gasteiger partial charge in [-0.25, -0.2) is 24.0 Å². The fourth-order valence-electron chi connectivity index (χ4n) is 5.21. The van der Waals surface area contributed by atoms with E-state index in [4.69, 9.17) is 28.4 Å². The molecule has 0 aromatic heterocycles. The summed E-state index contributed by atoms with van der Waals surface area (Å²) in [7, 11) is 0. The van der Waals surface area contributed by atoms with Crippen LogP contribution in [0.5, 0.6) is 0 Å². The summed E-state index contributed by atoms with van der Waals surface area (Å²) < 4.78 is 31.0. The van der Waals surface area contributed by atoms with Gasteiger partial charge < -0.3 is 33.7 Å². The Labute approximate surface area is 270 Å². The molecule has 0 spiro atoms. The number of amides is 1. The fourth-order valence-corrected chi connectivity index (χ4v) is 5.21. The number of hydrogen-bond donors (Lipinski definition) is 1. The van der Waals surface area contributed by atoms with Crippen molar-refractivity contribution in [3.05, 3.63) is 49.6 Å². The number of hydrogen-bond acceptors (Lipinski definition) is 12. The molecule has 1 aliphatic rings. The zero-order valence-electron chi connectivity index (χ0n) is 27.5. The molecule has 4 unspecified atom stereocenters. The minimum Gasteiger partial charge on any atom is -0.458 e. The first kappa shape index (κ1) is 39.6. The molecule has 1 fully saturated rings. The summed E-state index contributed by atoms with van der Waals surface area (Å²) in [6.45, 7) is 21.3. The molecule has 4 atom stereocenters. The van der Waals surface area contributed by atoms with Crippen molar-refractivity contribution >= 4 is 35.9 Å².